The van der Waals surface area contributed by atoms with Gasteiger partial charge in [0.25, 0.3) is 11.8 Å². The number of halogens is 1. The molecule has 0 fully saturated rings. The van der Waals surface area contributed by atoms with Crippen LogP contribution >= 0.6 is 15.9 Å². The first-order valence-electron chi connectivity index (χ1n) is 6.77. The molecule has 0 saturated carbocycles. The molecule has 5 heteroatoms. The van der Waals surface area contributed by atoms with E-state index in [4.69, 9.17) is 0 Å². The van der Waals surface area contributed by atoms with E-state index in [1.54, 1.807) is 30.3 Å². The number of hydrogen-bond donors (Lipinski definition) is 1. The van der Waals surface area contributed by atoms with Crippen molar-refractivity contribution in [2.24, 2.45) is 0 Å². The number of rotatable bonds is 3. The molecule has 0 atom stereocenters. The smallest absolute Gasteiger partial charge is 0.268 e. The molecule has 1 aliphatic rings. The molecule has 1 aliphatic heterocycles. The van der Waals surface area contributed by atoms with E-state index in [9.17, 15) is 9.59 Å². The first-order chi connectivity index (χ1) is 10.6. The molecule has 4 nitrogen and oxygen atoms in total. The number of carbonyl (C=O) groups is 2. The highest BCUT2D eigenvalue weighted by Crippen LogP contribution is 2.22. The summed E-state index contributed by atoms with van der Waals surface area (Å²) in [4.78, 5) is 24.1. The molecule has 2 aromatic rings. The van der Waals surface area contributed by atoms with Crippen LogP contribution in [0.15, 0.2) is 65.1 Å². The summed E-state index contributed by atoms with van der Waals surface area (Å²) in [5, 5.41) is 1.33. The van der Waals surface area contributed by atoms with Gasteiger partial charge >= 0.3 is 0 Å². The van der Waals surface area contributed by atoms with Gasteiger partial charge in [-0.3, -0.25) is 15.0 Å². The molecule has 0 aliphatic carbocycles. The Morgan fingerprint density at radius 3 is 2.41 bits per heavy atom. The molecule has 1 heterocycles. The molecule has 0 unspecified atom stereocenters. The van der Waals surface area contributed by atoms with Crippen LogP contribution in [-0.2, 0) is 4.79 Å². The van der Waals surface area contributed by atoms with E-state index in [0.29, 0.717) is 12.1 Å². The zero-order valence-electron chi connectivity index (χ0n) is 11.6. The summed E-state index contributed by atoms with van der Waals surface area (Å²) >= 11 is 3.38. The predicted molar refractivity (Wildman–Crippen MR) is 87.7 cm³/mol. The summed E-state index contributed by atoms with van der Waals surface area (Å²) in [6, 6.07) is 16.5. The highest BCUT2D eigenvalue weighted by molar-refractivity contribution is 9.10. The normalized spacial score (nSPS) is 14.0. The van der Waals surface area contributed by atoms with E-state index in [1.165, 1.54) is 5.01 Å². The third-order valence-electron chi connectivity index (χ3n) is 3.38. The van der Waals surface area contributed by atoms with Gasteiger partial charge in [0.05, 0.1) is 6.54 Å². The van der Waals surface area contributed by atoms with E-state index in [0.717, 1.165) is 15.6 Å². The Kier molecular flexibility index (Phi) is 4.06. The van der Waals surface area contributed by atoms with Crippen molar-refractivity contribution in [3.63, 3.8) is 0 Å². The summed E-state index contributed by atoms with van der Waals surface area (Å²) < 4.78 is 0.982. The van der Waals surface area contributed by atoms with E-state index in [2.05, 4.69) is 21.4 Å². The largest absolute Gasteiger partial charge is 0.269 e. The third-order valence-corrected chi connectivity index (χ3v) is 3.91. The average molecular weight is 357 g/mol. The standard InChI is InChI=1S/C17H13BrN2O2/c18-15-8-6-12(7-9-15)14-10-16(21)20(11-14)19-17(22)13-4-2-1-3-5-13/h1-10H,11H2,(H,19,22). The van der Waals surface area contributed by atoms with Crippen molar-refractivity contribution in [3.8, 4) is 0 Å². The van der Waals surface area contributed by atoms with E-state index in [-0.39, 0.29) is 11.8 Å². The van der Waals surface area contributed by atoms with Crippen molar-refractivity contribution < 1.29 is 9.59 Å². The van der Waals surface area contributed by atoms with Gasteiger partial charge in [0.15, 0.2) is 0 Å². The Balaban J connectivity index is 1.70. The van der Waals surface area contributed by atoms with E-state index in [1.807, 2.05) is 30.3 Å². The van der Waals surface area contributed by atoms with Crippen molar-refractivity contribution >= 4 is 33.3 Å². The van der Waals surface area contributed by atoms with Gasteiger partial charge in [-0.25, -0.2) is 5.01 Å². The predicted octanol–water partition coefficient (Wildman–Crippen LogP) is 3.02. The third kappa shape index (κ3) is 3.09. The minimum atomic E-state index is -0.292. The summed E-state index contributed by atoms with van der Waals surface area (Å²) in [6.45, 7) is 0.360. The summed E-state index contributed by atoms with van der Waals surface area (Å²) in [6.07, 6.45) is 1.55. The fourth-order valence-corrected chi connectivity index (χ4v) is 2.50. The molecule has 0 aromatic heterocycles. The molecule has 2 aromatic carbocycles. The number of nitrogens with one attached hydrogen (secondary N) is 1. The van der Waals surface area contributed by atoms with Gasteiger partial charge in [0.1, 0.15) is 0 Å². The van der Waals surface area contributed by atoms with E-state index >= 15 is 0 Å². The van der Waals surface area contributed by atoms with Crippen molar-refractivity contribution in [2.45, 2.75) is 0 Å². The SMILES string of the molecule is O=C(NN1CC(c2ccc(Br)cc2)=CC1=O)c1ccccc1. The molecule has 22 heavy (non-hydrogen) atoms. The maximum absolute atomic E-state index is 12.1. The molecule has 0 radical (unpaired) electrons. The second kappa shape index (κ2) is 6.15. The Morgan fingerprint density at radius 1 is 1.05 bits per heavy atom. The number of amides is 2. The maximum Gasteiger partial charge on any atom is 0.269 e. The van der Waals surface area contributed by atoms with Crippen LogP contribution in [0.2, 0.25) is 0 Å². The van der Waals surface area contributed by atoms with Crippen LogP contribution in [-0.4, -0.2) is 23.4 Å². The Labute approximate surface area is 136 Å². The number of hydrogen-bond acceptors (Lipinski definition) is 2. The second-order valence-corrected chi connectivity index (χ2v) is 5.82. The van der Waals surface area contributed by atoms with Gasteiger partial charge in [-0.2, -0.15) is 0 Å². The Morgan fingerprint density at radius 2 is 1.73 bits per heavy atom. The zero-order chi connectivity index (χ0) is 15.5. The summed E-state index contributed by atoms with van der Waals surface area (Å²) in [7, 11) is 0. The molecule has 110 valence electrons. The second-order valence-electron chi connectivity index (χ2n) is 4.91. The molecule has 2 amide bonds. The molecule has 0 spiro atoms. The minimum Gasteiger partial charge on any atom is -0.268 e. The zero-order valence-corrected chi connectivity index (χ0v) is 13.2. The van der Waals surface area contributed by atoms with Gasteiger partial charge in [-0.15, -0.1) is 0 Å². The van der Waals surface area contributed by atoms with Gasteiger partial charge in [-0.05, 0) is 35.4 Å². The highest BCUT2D eigenvalue weighted by Gasteiger charge is 2.24. The molecular weight excluding hydrogens is 344 g/mol. The molecule has 0 bridgehead atoms. The fourth-order valence-electron chi connectivity index (χ4n) is 2.23. The van der Waals surface area contributed by atoms with Crippen molar-refractivity contribution in [2.75, 3.05) is 6.54 Å². The summed E-state index contributed by atoms with van der Waals surface area (Å²) in [5.41, 5.74) is 5.01. The first-order valence-corrected chi connectivity index (χ1v) is 7.57. The Bertz CT molecular complexity index is 739. The highest BCUT2D eigenvalue weighted by atomic mass is 79.9. The van der Waals surface area contributed by atoms with Crippen LogP contribution in [0, 0.1) is 0 Å². The van der Waals surface area contributed by atoms with Crippen LogP contribution < -0.4 is 5.43 Å². The lowest BCUT2D eigenvalue weighted by molar-refractivity contribution is -0.126. The van der Waals surface area contributed by atoms with Crippen LogP contribution in [0.5, 0.6) is 0 Å². The fraction of sp³-hybridized carbons (Fsp3) is 0.0588. The minimum absolute atomic E-state index is 0.220. The van der Waals surface area contributed by atoms with Crippen LogP contribution in [0.3, 0.4) is 0 Å². The lowest BCUT2D eigenvalue weighted by atomic mass is 10.1. The monoisotopic (exact) mass is 356 g/mol. The lowest BCUT2D eigenvalue weighted by Gasteiger charge is -2.17. The van der Waals surface area contributed by atoms with Gasteiger partial charge in [0.2, 0.25) is 0 Å². The summed E-state index contributed by atoms with van der Waals surface area (Å²) in [5.74, 6) is -0.512. The Hall–Kier alpha value is -2.40. The average Bonchev–Trinajstić information content (AvgIpc) is 2.90. The topological polar surface area (TPSA) is 49.4 Å². The van der Waals surface area contributed by atoms with Crippen LogP contribution in [0.4, 0.5) is 0 Å². The molecule has 0 saturated heterocycles. The molecule has 3 rings (SSSR count). The van der Waals surface area contributed by atoms with Gasteiger partial charge < -0.3 is 0 Å². The number of nitrogens with zero attached hydrogens (tertiary/aromatic N) is 1. The van der Waals surface area contributed by atoms with Crippen molar-refractivity contribution in [1.29, 1.82) is 0 Å². The first kappa shape index (κ1) is 14.5. The van der Waals surface area contributed by atoms with Crippen molar-refractivity contribution in [3.05, 3.63) is 76.3 Å². The maximum atomic E-state index is 12.1. The number of carbonyl (C=O) groups excluding carboxylic acids is 2. The number of benzene rings is 2. The molecule has 1 N–H and O–H groups in total. The van der Waals surface area contributed by atoms with Crippen LogP contribution in [0.1, 0.15) is 15.9 Å². The quantitative estimate of drug-likeness (QED) is 0.918. The lowest BCUT2D eigenvalue weighted by Crippen LogP contribution is -2.43. The van der Waals surface area contributed by atoms with E-state index < -0.39 is 0 Å². The van der Waals surface area contributed by atoms with Crippen molar-refractivity contribution in [1.82, 2.24) is 10.4 Å². The number of hydrazine groups is 1. The molecular formula is C17H13BrN2O2. The van der Waals surface area contributed by atoms with Crippen LogP contribution in [0.25, 0.3) is 5.57 Å². The van der Waals surface area contributed by atoms with Gasteiger partial charge in [-0.1, -0.05) is 46.3 Å². The van der Waals surface area contributed by atoms with Gasteiger partial charge in [0, 0.05) is 16.1 Å².